The zero-order valence-electron chi connectivity index (χ0n) is 10.3. The molecule has 0 aromatic heterocycles. The van der Waals surface area contributed by atoms with Gasteiger partial charge in [-0.25, -0.2) is 4.79 Å². The number of primary amides is 1. The Kier molecular flexibility index (Phi) is 6.43. The SMILES string of the molecule is C[N+](C)(CCCNC(N)=O)CCCS(=O)(=O)O. The lowest BCUT2D eigenvalue weighted by Gasteiger charge is -2.29. The van der Waals surface area contributed by atoms with E-state index in [1.165, 1.54) is 0 Å². The number of urea groups is 1. The molecular formula is C9H22N3O4S+. The van der Waals surface area contributed by atoms with Crippen LogP contribution in [0.15, 0.2) is 0 Å². The number of carbonyl (C=O) groups is 1. The van der Waals surface area contributed by atoms with Gasteiger partial charge in [0.05, 0.1) is 32.9 Å². The Bertz CT molecular complexity index is 340. The standard InChI is InChI=1S/C9H21N3O4S/c1-12(2,6-3-5-11-9(10)13)7-4-8-17(14,15)16/h3-8H2,1-2H3,(H3-,10,11,13,14,15,16)/p+1. The van der Waals surface area contributed by atoms with Gasteiger partial charge in [0, 0.05) is 19.4 Å². The van der Waals surface area contributed by atoms with Crippen LogP contribution >= 0.6 is 0 Å². The predicted octanol–water partition coefficient (Wildman–Crippen LogP) is -0.601. The fourth-order valence-corrected chi connectivity index (χ4v) is 2.00. The van der Waals surface area contributed by atoms with Crippen molar-refractivity contribution in [3.05, 3.63) is 0 Å². The van der Waals surface area contributed by atoms with Crippen LogP contribution in [-0.4, -0.2) is 63.0 Å². The smallest absolute Gasteiger partial charge is 0.312 e. The van der Waals surface area contributed by atoms with Gasteiger partial charge in [0.25, 0.3) is 10.1 Å². The molecule has 17 heavy (non-hydrogen) atoms. The average molecular weight is 268 g/mol. The number of rotatable bonds is 8. The summed E-state index contributed by atoms with van der Waals surface area (Å²) in [5.74, 6) is -0.214. The van der Waals surface area contributed by atoms with Crippen LogP contribution in [0.1, 0.15) is 12.8 Å². The van der Waals surface area contributed by atoms with Crippen LogP contribution in [0.25, 0.3) is 0 Å². The molecule has 0 aliphatic rings. The molecule has 102 valence electrons. The highest BCUT2D eigenvalue weighted by Crippen LogP contribution is 2.02. The minimum atomic E-state index is -3.87. The van der Waals surface area contributed by atoms with E-state index in [4.69, 9.17) is 10.3 Å². The minimum Gasteiger partial charge on any atom is -0.352 e. The maximum atomic E-state index is 10.5. The first-order valence-electron chi connectivity index (χ1n) is 5.43. The Hall–Kier alpha value is -0.860. The monoisotopic (exact) mass is 268 g/mol. The first-order chi connectivity index (χ1) is 7.62. The fourth-order valence-electron chi connectivity index (χ4n) is 1.51. The zero-order valence-corrected chi connectivity index (χ0v) is 11.2. The second-order valence-electron chi connectivity index (χ2n) is 4.67. The molecule has 0 saturated heterocycles. The Morgan fingerprint density at radius 1 is 1.29 bits per heavy atom. The lowest BCUT2D eigenvalue weighted by molar-refractivity contribution is -0.890. The van der Waals surface area contributed by atoms with Crippen LogP contribution in [0, 0.1) is 0 Å². The van der Waals surface area contributed by atoms with Crippen molar-refractivity contribution in [2.24, 2.45) is 5.73 Å². The van der Waals surface area contributed by atoms with Crippen molar-refractivity contribution in [2.75, 3.05) is 39.5 Å². The van der Waals surface area contributed by atoms with Crippen molar-refractivity contribution in [2.45, 2.75) is 12.8 Å². The maximum Gasteiger partial charge on any atom is 0.312 e. The second-order valence-corrected chi connectivity index (χ2v) is 6.24. The topological polar surface area (TPSA) is 109 Å². The van der Waals surface area contributed by atoms with Crippen molar-refractivity contribution in [3.8, 4) is 0 Å². The van der Waals surface area contributed by atoms with Crippen molar-refractivity contribution in [3.63, 3.8) is 0 Å². The number of nitrogens with two attached hydrogens (primary N) is 1. The van der Waals surface area contributed by atoms with E-state index in [1.54, 1.807) is 0 Å². The molecule has 0 spiro atoms. The highest BCUT2D eigenvalue weighted by molar-refractivity contribution is 7.85. The molecule has 0 aromatic rings. The van der Waals surface area contributed by atoms with Crippen LogP contribution in [0.2, 0.25) is 0 Å². The van der Waals surface area contributed by atoms with Gasteiger partial charge in [-0.3, -0.25) is 4.55 Å². The van der Waals surface area contributed by atoms with Crippen molar-refractivity contribution < 1.29 is 22.2 Å². The number of carbonyl (C=O) groups excluding carboxylic acids is 1. The summed E-state index contributed by atoms with van der Waals surface area (Å²) in [4.78, 5) is 10.4. The van der Waals surface area contributed by atoms with Gasteiger partial charge in [-0.15, -0.1) is 0 Å². The number of amides is 2. The summed E-state index contributed by atoms with van der Waals surface area (Å²) in [7, 11) is 0.0666. The summed E-state index contributed by atoms with van der Waals surface area (Å²) < 4.78 is 30.3. The van der Waals surface area contributed by atoms with Gasteiger partial charge in [0.15, 0.2) is 0 Å². The van der Waals surface area contributed by atoms with Crippen molar-refractivity contribution in [1.82, 2.24) is 5.32 Å². The fraction of sp³-hybridized carbons (Fsp3) is 0.889. The third-order valence-corrected chi connectivity index (χ3v) is 3.21. The molecule has 4 N–H and O–H groups in total. The average Bonchev–Trinajstić information content (AvgIpc) is 2.09. The molecule has 0 aromatic carbocycles. The van der Waals surface area contributed by atoms with E-state index in [2.05, 4.69) is 5.32 Å². The molecular weight excluding hydrogens is 246 g/mol. The summed E-state index contributed by atoms with van der Waals surface area (Å²) in [6.45, 7) is 1.96. The van der Waals surface area contributed by atoms with Gasteiger partial charge in [0.1, 0.15) is 0 Å². The van der Waals surface area contributed by atoms with E-state index in [9.17, 15) is 13.2 Å². The summed E-state index contributed by atoms with van der Waals surface area (Å²) in [5, 5.41) is 2.49. The molecule has 0 radical (unpaired) electrons. The van der Waals surface area contributed by atoms with E-state index in [-0.39, 0.29) is 5.75 Å². The molecule has 0 heterocycles. The molecule has 7 nitrogen and oxygen atoms in total. The third kappa shape index (κ3) is 11.4. The predicted molar refractivity (Wildman–Crippen MR) is 65.1 cm³/mol. The molecule has 0 rings (SSSR count). The molecule has 8 heteroatoms. The van der Waals surface area contributed by atoms with Crippen molar-refractivity contribution >= 4 is 16.1 Å². The van der Waals surface area contributed by atoms with Gasteiger partial charge in [-0.1, -0.05) is 0 Å². The normalized spacial score (nSPS) is 12.4. The highest BCUT2D eigenvalue weighted by atomic mass is 32.2. The van der Waals surface area contributed by atoms with Gasteiger partial charge in [0.2, 0.25) is 0 Å². The van der Waals surface area contributed by atoms with Gasteiger partial charge < -0.3 is 15.5 Å². The second kappa shape index (κ2) is 6.77. The van der Waals surface area contributed by atoms with E-state index in [0.29, 0.717) is 24.0 Å². The molecule has 0 saturated carbocycles. The molecule has 0 fully saturated rings. The lowest BCUT2D eigenvalue weighted by Crippen LogP contribution is -2.43. The molecule has 0 bridgehead atoms. The largest absolute Gasteiger partial charge is 0.352 e. The molecule has 0 unspecified atom stereocenters. The number of quaternary nitrogens is 1. The van der Waals surface area contributed by atoms with Gasteiger partial charge >= 0.3 is 6.03 Å². The Balaban J connectivity index is 3.76. The quantitative estimate of drug-likeness (QED) is 0.310. The first-order valence-corrected chi connectivity index (χ1v) is 7.04. The summed E-state index contributed by atoms with van der Waals surface area (Å²) >= 11 is 0. The van der Waals surface area contributed by atoms with Crippen molar-refractivity contribution in [1.29, 1.82) is 0 Å². The van der Waals surface area contributed by atoms with Crippen LogP contribution in [0.3, 0.4) is 0 Å². The molecule has 2 amide bonds. The lowest BCUT2D eigenvalue weighted by atomic mass is 10.3. The van der Waals surface area contributed by atoms with E-state index in [1.807, 2.05) is 14.1 Å². The number of hydrogen-bond donors (Lipinski definition) is 3. The van der Waals surface area contributed by atoms with Crippen LogP contribution in [-0.2, 0) is 10.1 Å². The zero-order chi connectivity index (χ0) is 13.5. The number of hydrogen-bond acceptors (Lipinski definition) is 3. The number of nitrogens with one attached hydrogen (secondary N) is 1. The molecule has 0 aliphatic carbocycles. The summed E-state index contributed by atoms with van der Waals surface area (Å²) in [5.41, 5.74) is 4.92. The Morgan fingerprint density at radius 2 is 1.82 bits per heavy atom. The van der Waals surface area contributed by atoms with E-state index in [0.717, 1.165) is 13.0 Å². The Labute approximate surface area is 102 Å². The highest BCUT2D eigenvalue weighted by Gasteiger charge is 2.16. The van der Waals surface area contributed by atoms with Crippen LogP contribution in [0.4, 0.5) is 4.79 Å². The van der Waals surface area contributed by atoms with Gasteiger partial charge in [-0.05, 0) is 0 Å². The third-order valence-electron chi connectivity index (χ3n) is 2.41. The summed E-state index contributed by atoms with van der Waals surface area (Å²) in [6.07, 6.45) is 1.18. The van der Waals surface area contributed by atoms with Crippen LogP contribution in [0.5, 0.6) is 0 Å². The maximum absolute atomic E-state index is 10.5. The first kappa shape index (κ1) is 16.1. The molecule has 0 aliphatic heterocycles. The van der Waals surface area contributed by atoms with Gasteiger partial charge in [-0.2, -0.15) is 8.42 Å². The van der Waals surface area contributed by atoms with E-state index < -0.39 is 16.1 Å². The summed E-state index contributed by atoms with van der Waals surface area (Å²) in [6, 6.07) is -0.540. The van der Waals surface area contributed by atoms with E-state index >= 15 is 0 Å². The number of nitrogens with zero attached hydrogens (tertiary/aromatic N) is 1. The molecule has 0 atom stereocenters. The Morgan fingerprint density at radius 3 is 2.29 bits per heavy atom. The van der Waals surface area contributed by atoms with Crippen LogP contribution < -0.4 is 11.1 Å². The minimum absolute atomic E-state index is 0.214.